The topological polar surface area (TPSA) is 35.6 Å². The third-order valence-corrected chi connectivity index (χ3v) is 5.18. The maximum absolute atomic E-state index is 6.02. The van der Waals surface area contributed by atoms with E-state index in [9.17, 15) is 0 Å². The van der Waals surface area contributed by atoms with Crippen LogP contribution in [-0.4, -0.2) is 25.2 Å². The van der Waals surface area contributed by atoms with E-state index in [1.807, 2.05) is 11.7 Å². The summed E-state index contributed by atoms with van der Waals surface area (Å²) in [7, 11) is 2.05. The Morgan fingerprint density at radius 3 is 2.52 bits per heavy atom. The summed E-state index contributed by atoms with van der Waals surface area (Å²) in [5, 5.41) is 4.71. The van der Waals surface area contributed by atoms with E-state index in [1.165, 1.54) is 24.9 Å². The van der Waals surface area contributed by atoms with Gasteiger partial charge in [0, 0.05) is 24.9 Å². The Bertz CT molecular complexity index is 631. The number of alkyl halides is 1. The van der Waals surface area contributed by atoms with Gasteiger partial charge in [0.2, 0.25) is 0 Å². The highest BCUT2D eigenvalue weighted by Gasteiger charge is 2.40. The normalized spacial score (nSPS) is 17.3. The van der Waals surface area contributed by atoms with Crippen LogP contribution in [0.25, 0.3) is 11.2 Å². The minimum atomic E-state index is 0.243. The first-order valence-electron chi connectivity index (χ1n) is 8.16. The van der Waals surface area contributed by atoms with Crippen molar-refractivity contribution < 1.29 is 0 Å². The second-order valence-corrected chi connectivity index (χ2v) is 6.60. The van der Waals surface area contributed by atoms with Gasteiger partial charge < -0.3 is 4.57 Å². The second kappa shape index (κ2) is 5.64. The van der Waals surface area contributed by atoms with Crippen molar-refractivity contribution in [2.75, 3.05) is 5.88 Å². The molecule has 0 amide bonds. The van der Waals surface area contributed by atoms with E-state index in [4.69, 9.17) is 21.7 Å². The zero-order chi connectivity index (χ0) is 15.0. The number of hydrogen-bond acceptors (Lipinski definition) is 2. The molecule has 1 saturated carbocycles. The Morgan fingerprint density at radius 2 is 2.00 bits per heavy atom. The highest BCUT2D eigenvalue weighted by Crippen LogP contribution is 2.45. The van der Waals surface area contributed by atoms with Crippen LogP contribution in [0.15, 0.2) is 0 Å². The number of rotatable bonds is 6. The lowest BCUT2D eigenvalue weighted by Gasteiger charge is -2.43. The summed E-state index contributed by atoms with van der Waals surface area (Å²) in [5.74, 6) is 1.77. The van der Waals surface area contributed by atoms with Crippen molar-refractivity contribution in [3.8, 4) is 0 Å². The van der Waals surface area contributed by atoms with Crippen LogP contribution in [0.2, 0.25) is 0 Å². The Kier molecular flexibility index (Phi) is 4.00. The number of aromatic nitrogens is 4. The van der Waals surface area contributed by atoms with Gasteiger partial charge in [-0.1, -0.05) is 20.3 Å². The van der Waals surface area contributed by atoms with Crippen LogP contribution in [0.4, 0.5) is 0 Å². The molecule has 0 radical (unpaired) electrons. The lowest BCUT2D eigenvalue weighted by molar-refractivity contribution is 0.136. The van der Waals surface area contributed by atoms with Gasteiger partial charge >= 0.3 is 0 Å². The number of imidazole rings is 1. The fraction of sp³-hybridized carbons (Fsp3) is 0.750. The van der Waals surface area contributed by atoms with E-state index >= 15 is 0 Å². The van der Waals surface area contributed by atoms with Crippen molar-refractivity contribution in [1.82, 2.24) is 19.3 Å². The molecule has 0 aromatic carbocycles. The van der Waals surface area contributed by atoms with Crippen molar-refractivity contribution in [2.24, 2.45) is 7.05 Å². The van der Waals surface area contributed by atoms with Crippen LogP contribution in [0, 0.1) is 0 Å². The predicted octanol–water partition coefficient (Wildman–Crippen LogP) is 3.79. The summed E-state index contributed by atoms with van der Waals surface area (Å²) in [6.07, 6.45) is 7.90. The van der Waals surface area contributed by atoms with Gasteiger partial charge in [-0.15, -0.1) is 11.6 Å². The third-order valence-electron chi connectivity index (χ3n) is 4.99. The zero-order valence-electron chi connectivity index (χ0n) is 13.3. The van der Waals surface area contributed by atoms with E-state index in [0.717, 1.165) is 42.7 Å². The SMILES string of the molecule is CCCc1nn(C)c2c1nc(CCCl)n2C1(CC)CCC1. The molecule has 3 rings (SSSR count). The van der Waals surface area contributed by atoms with Crippen molar-refractivity contribution in [3.63, 3.8) is 0 Å². The summed E-state index contributed by atoms with van der Waals surface area (Å²) in [6, 6.07) is 0. The van der Waals surface area contributed by atoms with Gasteiger partial charge in [-0.2, -0.15) is 5.10 Å². The Morgan fingerprint density at radius 1 is 1.24 bits per heavy atom. The molecule has 2 aromatic rings. The Balaban J connectivity index is 2.22. The van der Waals surface area contributed by atoms with Crippen molar-refractivity contribution in [3.05, 3.63) is 11.5 Å². The maximum Gasteiger partial charge on any atom is 0.159 e. The first kappa shape index (κ1) is 14.9. The standard InChI is InChI=1S/C16H25ClN4/c1-4-7-12-14-15(20(3)19-12)21(13(18-14)8-11-17)16(5-2)9-6-10-16/h4-11H2,1-3H3. The van der Waals surface area contributed by atoms with E-state index in [2.05, 4.69) is 18.4 Å². The maximum atomic E-state index is 6.02. The lowest BCUT2D eigenvalue weighted by atomic mass is 9.74. The number of fused-ring (bicyclic) bond motifs is 1. The Labute approximate surface area is 131 Å². The number of halogens is 1. The number of nitrogens with zero attached hydrogens (tertiary/aromatic N) is 4. The monoisotopic (exact) mass is 308 g/mol. The Hall–Kier alpha value is -1.03. The third kappa shape index (κ3) is 2.19. The van der Waals surface area contributed by atoms with Crippen molar-refractivity contribution >= 4 is 22.8 Å². The molecule has 0 aliphatic heterocycles. The summed E-state index contributed by atoms with van der Waals surface area (Å²) in [4.78, 5) is 4.93. The number of aryl methyl sites for hydroxylation is 3. The van der Waals surface area contributed by atoms with Crippen molar-refractivity contribution in [1.29, 1.82) is 0 Å². The quantitative estimate of drug-likeness (QED) is 0.761. The van der Waals surface area contributed by atoms with Gasteiger partial charge in [0.1, 0.15) is 11.3 Å². The van der Waals surface area contributed by atoms with E-state index in [0.29, 0.717) is 5.88 Å². The van der Waals surface area contributed by atoms with E-state index < -0.39 is 0 Å². The van der Waals surface area contributed by atoms with Gasteiger partial charge in [0.25, 0.3) is 0 Å². The molecule has 0 spiro atoms. The molecule has 1 aliphatic rings. The molecular formula is C16H25ClN4. The van der Waals surface area contributed by atoms with Crippen LogP contribution in [0.1, 0.15) is 57.5 Å². The molecule has 0 bridgehead atoms. The molecule has 2 heterocycles. The molecular weight excluding hydrogens is 284 g/mol. The average Bonchev–Trinajstić information content (AvgIpc) is 2.91. The summed E-state index contributed by atoms with van der Waals surface area (Å²) in [5.41, 5.74) is 3.67. The fourth-order valence-electron chi connectivity index (χ4n) is 3.70. The molecule has 0 atom stereocenters. The lowest BCUT2D eigenvalue weighted by Crippen LogP contribution is -2.41. The first-order chi connectivity index (χ1) is 10.2. The molecule has 0 saturated heterocycles. The molecule has 1 fully saturated rings. The van der Waals surface area contributed by atoms with Gasteiger partial charge in [-0.05, 0) is 32.1 Å². The molecule has 4 nitrogen and oxygen atoms in total. The minimum Gasteiger partial charge on any atom is -0.307 e. The van der Waals surface area contributed by atoms with Crippen LogP contribution in [0.5, 0.6) is 0 Å². The zero-order valence-corrected chi connectivity index (χ0v) is 14.1. The molecule has 21 heavy (non-hydrogen) atoms. The largest absolute Gasteiger partial charge is 0.307 e. The van der Waals surface area contributed by atoms with E-state index in [1.54, 1.807) is 0 Å². The van der Waals surface area contributed by atoms with Gasteiger partial charge in [-0.25, -0.2) is 4.98 Å². The summed E-state index contributed by atoms with van der Waals surface area (Å²) < 4.78 is 4.50. The highest BCUT2D eigenvalue weighted by atomic mass is 35.5. The van der Waals surface area contributed by atoms with Crippen LogP contribution < -0.4 is 0 Å². The van der Waals surface area contributed by atoms with Crippen molar-refractivity contribution in [2.45, 2.75) is 64.3 Å². The van der Waals surface area contributed by atoms with Crippen LogP contribution in [0.3, 0.4) is 0 Å². The van der Waals surface area contributed by atoms with Crippen LogP contribution in [-0.2, 0) is 25.4 Å². The molecule has 0 unspecified atom stereocenters. The highest BCUT2D eigenvalue weighted by molar-refractivity contribution is 6.17. The molecule has 2 aromatic heterocycles. The average molecular weight is 309 g/mol. The minimum absolute atomic E-state index is 0.243. The van der Waals surface area contributed by atoms with Crippen LogP contribution >= 0.6 is 11.6 Å². The summed E-state index contributed by atoms with van der Waals surface area (Å²) in [6.45, 7) is 4.48. The number of hydrogen-bond donors (Lipinski definition) is 0. The van der Waals surface area contributed by atoms with Gasteiger partial charge in [0.05, 0.1) is 5.69 Å². The predicted molar refractivity (Wildman–Crippen MR) is 87.0 cm³/mol. The smallest absolute Gasteiger partial charge is 0.159 e. The fourth-order valence-corrected chi connectivity index (χ4v) is 3.87. The molecule has 0 N–H and O–H groups in total. The summed E-state index contributed by atoms with van der Waals surface area (Å²) >= 11 is 6.02. The first-order valence-corrected chi connectivity index (χ1v) is 8.70. The second-order valence-electron chi connectivity index (χ2n) is 6.23. The van der Waals surface area contributed by atoms with Gasteiger partial charge in [0.15, 0.2) is 5.65 Å². The van der Waals surface area contributed by atoms with E-state index in [-0.39, 0.29) is 5.54 Å². The van der Waals surface area contributed by atoms with Gasteiger partial charge in [-0.3, -0.25) is 4.68 Å². The molecule has 116 valence electrons. The molecule has 5 heteroatoms. The molecule has 1 aliphatic carbocycles.